The number of methoxy groups -OCH3 is 1. The van der Waals surface area contributed by atoms with Gasteiger partial charge in [0.15, 0.2) is 5.82 Å². The van der Waals surface area contributed by atoms with Gasteiger partial charge in [-0.05, 0) is 50.1 Å². The second kappa shape index (κ2) is 10.7. The van der Waals surface area contributed by atoms with Gasteiger partial charge in [-0.25, -0.2) is 18.1 Å². The molecular formula is C22H27ClN5O4PS. The normalized spacial score (nSPS) is 11.8. The van der Waals surface area contributed by atoms with Crippen molar-refractivity contribution in [3.63, 3.8) is 0 Å². The zero-order valence-corrected chi connectivity index (χ0v) is 21.8. The maximum atomic E-state index is 12.7. The molecule has 3 N–H and O–H groups in total. The van der Waals surface area contributed by atoms with E-state index < -0.39 is 17.2 Å². The molecule has 0 aliphatic rings. The predicted molar refractivity (Wildman–Crippen MR) is 138 cm³/mol. The minimum absolute atomic E-state index is 0.0773. The van der Waals surface area contributed by atoms with E-state index in [1.54, 1.807) is 49.7 Å². The molecule has 0 saturated heterocycles. The number of nitrogens with one attached hydrogen (secondary N) is 3. The van der Waals surface area contributed by atoms with Crippen LogP contribution in [0.1, 0.15) is 13.3 Å². The van der Waals surface area contributed by atoms with Gasteiger partial charge in [-0.2, -0.15) is 4.98 Å². The van der Waals surface area contributed by atoms with Crippen molar-refractivity contribution in [2.45, 2.75) is 18.2 Å². The molecule has 0 amide bonds. The first-order valence-corrected chi connectivity index (χ1v) is 14.9. The smallest absolute Gasteiger partial charge is 0.242 e. The first-order valence-electron chi connectivity index (χ1n) is 10.4. The van der Waals surface area contributed by atoms with E-state index in [2.05, 4.69) is 25.3 Å². The highest BCUT2D eigenvalue weighted by Crippen LogP contribution is 2.38. The number of nitrogens with zero attached hydrogens (tertiary/aromatic N) is 2. The third-order valence-corrected chi connectivity index (χ3v) is 8.09. The van der Waals surface area contributed by atoms with Crippen LogP contribution in [0.15, 0.2) is 53.6 Å². The summed E-state index contributed by atoms with van der Waals surface area (Å²) in [5.74, 6) is 0.908. The Bertz CT molecular complexity index is 1330. The van der Waals surface area contributed by atoms with Crippen LogP contribution in [-0.2, 0) is 14.6 Å². The zero-order chi connectivity index (χ0) is 24.9. The van der Waals surface area contributed by atoms with E-state index in [1.807, 2.05) is 6.92 Å². The van der Waals surface area contributed by atoms with Gasteiger partial charge in [-0.1, -0.05) is 30.7 Å². The molecule has 0 fully saturated rings. The molecule has 0 radical (unpaired) electrons. The van der Waals surface area contributed by atoms with Gasteiger partial charge in [-0.3, -0.25) is 0 Å². The maximum Gasteiger partial charge on any atom is 0.242 e. The van der Waals surface area contributed by atoms with Gasteiger partial charge in [0.1, 0.15) is 22.8 Å². The van der Waals surface area contributed by atoms with E-state index in [9.17, 15) is 13.0 Å². The summed E-state index contributed by atoms with van der Waals surface area (Å²) in [6.07, 6.45) is 2.07. The third kappa shape index (κ3) is 6.27. The molecule has 0 unspecified atom stereocenters. The fourth-order valence-electron chi connectivity index (χ4n) is 3.00. The van der Waals surface area contributed by atoms with Gasteiger partial charge in [0.05, 0.1) is 24.7 Å². The van der Waals surface area contributed by atoms with Gasteiger partial charge < -0.3 is 19.9 Å². The summed E-state index contributed by atoms with van der Waals surface area (Å²) in [5.41, 5.74) is 0.890. The van der Waals surface area contributed by atoms with E-state index in [4.69, 9.17) is 16.3 Å². The molecule has 9 nitrogen and oxygen atoms in total. The van der Waals surface area contributed by atoms with E-state index in [0.717, 1.165) is 0 Å². The van der Waals surface area contributed by atoms with Crippen molar-refractivity contribution in [1.82, 2.24) is 14.7 Å². The number of sulfonamides is 1. The fourth-order valence-corrected chi connectivity index (χ4v) is 5.29. The molecule has 12 heteroatoms. The van der Waals surface area contributed by atoms with Crippen LogP contribution in [0.5, 0.6) is 5.75 Å². The number of para-hydroxylation sites is 1. The molecule has 2 aromatic carbocycles. The SMILES string of the molecule is CCCNS(=O)(=O)c1ccccc1Nc1nc(Nc2ccc(P(C)(C)=O)cc2OC)ncc1Cl. The Morgan fingerprint density at radius 1 is 1.09 bits per heavy atom. The Balaban J connectivity index is 1.92. The van der Waals surface area contributed by atoms with Crippen molar-refractivity contribution in [3.8, 4) is 5.75 Å². The monoisotopic (exact) mass is 523 g/mol. The quantitative estimate of drug-likeness (QED) is 0.330. The first kappa shape index (κ1) is 26.0. The number of ether oxygens (including phenoxy) is 1. The molecule has 3 rings (SSSR count). The Kier molecular flexibility index (Phi) is 8.20. The number of aromatic nitrogens is 2. The summed E-state index contributed by atoms with van der Waals surface area (Å²) >= 11 is 6.29. The second-order valence-electron chi connectivity index (χ2n) is 7.77. The number of hydrogen-bond acceptors (Lipinski definition) is 8. The fraction of sp³-hybridized carbons (Fsp3) is 0.273. The molecule has 182 valence electrons. The number of halogens is 1. The van der Waals surface area contributed by atoms with Crippen molar-refractivity contribution in [3.05, 3.63) is 53.7 Å². The summed E-state index contributed by atoms with van der Waals surface area (Å²) < 4.78 is 45.8. The van der Waals surface area contributed by atoms with E-state index in [0.29, 0.717) is 35.4 Å². The molecule has 0 spiro atoms. The molecule has 3 aromatic rings. The number of anilines is 4. The lowest BCUT2D eigenvalue weighted by atomic mass is 10.3. The highest BCUT2D eigenvalue weighted by molar-refractivity contribution is 7.89. The van der Waals surface area contributed by atoms with Gasteiger partial charge in [0.25, 0.3) is 0 Å². The standard InChI is InChI=1S/C22H27ClN5O4PS/c1-5-12-25-34(30,31)20-9-7-6-8-18(20)26-21-16(23)14-24-22(28-21)27-17-11-10-15(33(3,4)29)13-19(17)32-2/h6-11,13-14,25H,5,12H2,1-4H3,(H2,24,26,27,28). The van der Waals surface area contributed by atoms with Gasteiger partial charge >= 0.3 is 0 Å². The average molecular weight is 524 g/mol. The Morgan fingerprint density at radius 3 is 2.50 bits per heavy atom. The number of benzene rings is 2. The van der Waals surface area contributed by atoms with Crippen molar-refractivity contribution in [2.24, 2.45) is 0 Å². The molecule has 0 atom stereocenters. The summed E-state index contributed by atoms with van der Waals surface area (Å²) in [4.78, 5) is 8.68. The van der Waals surface area contributed by atoms with E-state index in [-0.39, 0.29) is 21.7 Å². The minimum Gasteiger partial charge on any atom is -0.495 e. The van der Waals surface area contributed by atoms with Gasteiger partial charge in [-0.15, -0.1) is 0 Å². The first-order chi connectivity index (χ1) is 16.0. The molecule has 0 saturated carbocycles. The lowest BCUT2D eigenvalue weighted by Crippen LogP contribution is -2.25. The lowest BCUT2D eigenvalue weighted by Gasteiger charge is -2.16. The maximum absolute atomic E-state index is 12.7. The van der Waals surface area contributed by atoms with Crippen LogP contribution in [0, 0.1) is 0 Å². The molecule has 0 bridgehead atoms. The second-order valence-corrected chi connectivity index (χ2v) is 13.1. The Hall–Kier alpha value is -2.65. The van der Waals surface area contributed by atoms with Crippen LogP contribution < -0.4 is 25.4 Å². The summed E-state index contributed by atoms with van der Waals surface area (Å²) in [6, 6.07) is 11.7. The van der Waals surface area contributed by atoms with Crippen LogP contribution >= 0.6 is 18.7 Å². The van der Waals surface area contributed by atoms with Gasteiger partial charge in [0, 0.05) is 11.8 Å². The van der Waals surface area contributed by atoms with Crippen LogP contribution in [-0.4, -0.2) is 45.4 Å². The average Bonchev–Trinajstić information content (AvgIpc) is 2.79. The topological polar surface area (TPSA) is 122 Å². The molecule has 1 aromatic heterocycles. The van der Waals surface area contributed by atoms with E-state index in [1.165, 1.54) is 19.4 Å². The number of hydrogen-bond donors (Lipinski definition) is 3. The molecule has 34 heavy (non-hydrogen) atoms. The summed E-state index contributed by atoms with van der Waals surface area (Å²) in [6.45, 7) is 5.58. The van der Waals surface area contributed by atoms with Crippen LogP contribution in [0.3, 0.4) is 0 Å². The van der Waals surface area contributed by atoms with Crippen molar-refractivity contribution in [1.29, 1.82) is 0 Å². The minimum atomic E-state index is -3.72. The van der Waals surface area contributed by atoms with Gasteiger partial charge in [0.2, 0.25) is 16.0 Å². The molecular weight excluding hydrogens is 497 g/mol. The van der Waals surface area contributed by atoms with Crippen LogP contribution in [0.25, 0.3) is 0 Å². The highest BCUT2D eigenvalue weighted by atomic mass is 35.5. The van der Waals surface area contributed by atoms with Crippen molar-refractivity contribution >= 4 is 57.2 Å². The van der Waals surface area contributed by atoms with Crippen molar-refractivity contribution in [2.75, 3.05) is 37.6 Å². The number of rotatable bonds is 10. The van der Waals surface area contributed by atoms with Crippen LogP contribution in [0.4, 0.5) is 23.1 Å². The Labute approximate surface area is 204 Å². The highest BCUT2D eigenvalue weighted by Gasteiger charge is 2.19. The third-order valence-electron chi connectivity index (χ3n) is 4.77. The molecule has 0 aliphatic heterocycles. The Morgan fingerprint density at radius 2 is 1.82 bits per heavy atom. The largest absolute Gasteiger partial charge is 0.495 e. The lowest BCUT2D eigenvalue weighted by molar-refractivity contribution is 0.417. The predicted octanol–water partition coefficient (Wildman–Crippen LogP) is 4.56. The summed E-state index contributed by atoms with van der Waals surface area (Å²) in [7, 11) is -4.67. The van der Waals surface area contributed by atoms with E-state index >= 15 is 0 Å². The zero-order valence-electron chi connectivity index (χ0n) is 19.3. The summed E-state index contributed by atoms with van der Waals surface area (Å²) in [5, 5.41) is 6.95. The molecule has 1 heterocycles. The van der Waals surface area contributed by atoms with Crippen LogP contribution in [0.2, 0.25) is 5.02 Å². The molecule has 0 aliphatic carbocycles. The van der Waals surface area contributed by atoms with Crippen molar-refractivity contribution < 1.29 is 17.7 Å².